The third-order valence-electron chi connectivity index (χ3n) is 1.46. The molecule has 1 amide bonds. The highest BCUT2D eigenvalue weighted by molar-refractivity contribution is 7.80. The Balaban J connectivity index is 2.48. The quantitative estimate of drug-likeness (QED) is 0.426. The summed E-state index contributed by atoms with van der Waals surface area (Å²) in [5.41, 5.74) is 0. The maximum absolute atomic E-state index is 11.0. The van der Waals surface area contributed by atoms with Crippen LogP contribution >= 0.6 is 12.2 Å². The molecule has 66 valence electrons. The summed E-state index contributed by atoms with van der Waals surface area (Å²) in [6, 6.07) is -0.579. The van der Waals surface area contributed by atoms with Crippen molar-refractivity contribution in [1.82, 2.24) is 10.6 Å². The van der Waals surface area contributed by atoms with Crippen LogP contribution in [-0.2, 0) is 14.3 Å². The van der Waals surface area contributed by atoms with Crippen LogP contribution < -0.4 is 10.6 Å². The molecule has 1 heterocycles. The van der Waals surface area contributed by atoms with Crippen LogP contribution in [-0.4, -0.2) is 30.1 Å². The molecule has 1 aliphatic rings. The highest BCUT2D eigenvalue weighted by atomic mass is 32.1. The lowest BCUT2D eigenvalue weighted by Crippen LogP contribution is -2.31. The molecule has 0 unspecified atom stereocenters. The molecule has 2 N–H and O–H groups in total. The molecule has 0 radical (unpaired) electrons. The summed E-state index contributed by atoms with van der Waals surface area (Å²) >= 11 is 4.67. The van der Waals surface area contributed by atoms with Crippen molar-refractivity contribution in [3.63, 3.8) is 0 Å². The van der Waals surface area contributed by atoms with Crippen LogP contribution in [0.2, 0.25) is 0 Å². The summed E-state index contributed by atoms with van der Waals surface area (Å²) in [5, 5.41) is 5.27. The van der Waals surface area contributed by atoms with Gasteiger partial charge in [0.15, 0.2) is 5.11 Å². The largest absolute Gasteiger partial charge is 0.469 e. The van der Waals surface area contributed by atoms with Gasteiger partial charge in [0.25, 0.3) is 0 Å². The van der Waals surface area contributed by atoms with Gasteiger partial charge in [-0.3, -0.25) is 9.59 Å². The summed E-state index contributed by atoms with van der Waals surface area (Å²) < 4.78 is 4.39. The van der Waals surface area contributed by atoms with Crippen LogP contribution in [0.3, 0.4) is 0 Å². The van der Waals surface area contributed by atoms with Crippen molar-refractivity contribution in [2.45, 2.75) is 12.5 Å². The number of methoxy groups -OCH3 is 1. The predicted octanol–water partition coefficient (Wildman–Crippen LogP) is -1.08. The van der Waals surface area contributed by atoms with E-state index in [0.717, 1.165) is 0 Å². The second-order valence-electron chi connectivity index (χ2n) is 2.30. The van der Waals surface area contributed by atoms with Gasteiger partial charge in [-0.25, -0.2) is 0 Å². The second-order valence-corrected chi connectivity index (χ2v) is 2.70. The highest BCUT2D eigenvalue weighted by Gasteiger charge is 2.29. The number of carbonyl (C=O) groups is 2. The lowest BCUT2D eigenvalue weighted by atomic mass is 10.2. The van der Waals surface area contributed by atoms with E-state index in [1.165, 1.54) is 7.11 Å². The van der Waals surface area contributed by atoms with E-state index >= 15 is 0 Å². The zero-order chi connectivity index (χ0) is 9.14. The van der Waals surface area contributed by atoms with Crippen molar-refractivity contribution in [2.75, 3.05) is 7.11 Å². The van der Waals surface area contributed by atoms with Crippen molar-refractivity contribution >= 4 is 29.2 Å². The third-order valence-corrected chi connectivity index (χ3v) is 1.68. The molecule has 0 aromatic carbocycles. The maximum atomic E-state index is 11.0. The fraction of sp³-hybridized carbons (Fsp3) is 0.500. The molecular formula is C6H8N2O3S. The Bertz CT molecular complexity index is 241. The van der Waals surface area contributed by atoms with Gasteiger partial charge in [0.2, 0.25) is 5.91 Å². The number of amides is 1. The van der Waals surface area contributed by atoms with Crippen LogP contribution in [0.4, 0.5) is 0 Å². The van der Waals surface area contributed by atoms with Gasteiger partial charge in [0, 0.05) is 0 Å². The molecule has 1 saturated heterocycles. The van der Waals surface area contributed by atoms with Gasteiger partial charge in [0.1, 0.15) is 6.04 Å². The molecular weight excluding hydrogens is 180 g/mol. The van der Waals surface area contributed by atoms with E-state index in [-0.39, 0.29) is 17.4 Å². The first-order chi connectivity index (χ1) is 5.63. The maximum Gasteiger partial charge on any atom is 0.308 e. The molecule has 1 fully saturated rings. The second kappa shape index (κ2) is 3.48. The number of hydrogen-bond donors (Lipinski definition) is 2. The minimum Gasteiger partial charge on any atom is -0.469 e. The first-order valence-corrected chi connectivity index (χ1v) is 3.72. The Morgan fingerprint density at radius 3 is 2.83 bits per heavy atom. The fourth-order valence-corrected chi connectivity index (χ4v) is 1.10. The Labute approximate surface area is 74.5 Å². The summed E-state index contributed by atoms with van der Waals surface area (Å²) in [7, 11) is 1.27. The molecule has 0 aromatic heterocycles. The van der Waals surface area contributed by atoms with Gasteiger partial charge < -0.3 is 15.4 Å². The molecule has 6 heteroatoms. The number of ether oxygens (including phenoxy) is 1. The molecule has 0 bridgehead atoms. The van der Waals surface area contributed by atoms with Gasteiger partial charge in [0.05, 0.1) is 13.5 Å². The Hall–Kier alpha value is -1.17. The topological polar surface area (TPSA) is 67.4 Å². The van der Waals surface area contributed by atoms with Crippen LogP contribution in [0.15, 0.2) is 0 Å². The number of thiocarbonyl (C=S) groups is 1. The van der Waals surface area contributed by atoms with E-state index in [9.17, 15) is 9.59 Å². The van der Waals surface area contributed by atoms with Crippen molar-refractivity contribution in [3.05, 3.63) is 0 Å². The molecule has 5 nitrogen and oxygen atoms in total. The zero-order valence-electron chi connectivity index (χ0n) is 6.42. The summed E-state index contributed by atoms with van der Waals surface area (Å²) in [6.45, 7) is 0. The minimum absolute atomic E-state index is 0.00245. The lowest BCUT2D eigenvalue weighted by molar-refractivity contribution is -0.142. The molecule has 12 heavy (non-hydrogen) atoms. The summed E-state index contributed by atoms with van der Waals surface area (Å²) in [6.07, 6.45) is 0.00245. The van der Waals surface area contributed by atoms with E-state index < -0.39 is 12.0 Å². The standard InChI is InChI=1S/C6H8N2O3S/c1-11-4(9)2-3-5(10)8-6(12)7-3/h3H,2H2,1H3,(H2,7,8,10,12)/t3-/m0/s1. The van der Waals surface area contributed by atoms with Gasteiger partial charge in [-0.2, -0.15) is 0 Å². The van der Waals surface area contributed by atoms with E-state index in [1.807, 2.05) is 0 Å². The SMILES string of the molecule is COC(=O)C[C@@H]1NC(=S)NC1=O. The van der Waals surface area contributed by atoms with Crippen molar-refractivity contribution in [2.24, 2.45) is 0 Å². The first kappa shape index (κ1) is 8.92. The molecule has 1 atom stereocenters. The van der Waals surface area contributed by atoms with Crippen molar-refractivity contribution < 1.29 is 14.3 Å². The van der Waals surface area contributed by atoms with Crippen LogP contribution in [0, 0.1) is 0 Å². The van der Waals surface area contributed by atoms with Gasteiger partial charge >= 0.3 is 5.97 Å². The van der Waals surface area contributed by atoms with E-state index in [1.54, 1.807) is 0 Å². The third kappa shape index (κ3) is 1.91. The average Bonchev–Trinajstić information content (AvgIpc) is 2.30. The minimum atomic E-state index is -0.579. The molecule has 0 aliphatic carbocycles. The van der Waals surface area contributed by atoms with Crippen molar-refractivity contribution in [3.8, 4) is 0 Å². The monoisotopic (exact) mass is 188 g/mol. The first-order valence-electron chi connectivity index (χ1n) is 3.31. The molecule has 0 spiro atoms. The predicted molar refractivity (Wildman–Crippen MR) is 44.3 cm³/mol. The van der Waals surface area contributed by atoms with E-state index in [0.29, 0.717) is 0 Å². The fourth-order valence-electron chi connectivity index (χ4n) is 0.853. The Morgan fingerprint density at radius 1 is 1.75 bits per heavy atom. The number of carbonyl (C=O) groups excluding carboxylic acids is 2. The Morgan fingerprint density at radius 2 is 2.42 bits per heavy atom. The smallest absolute Gasteiger partial charge is 0.308 e. The summed E-state index contributed by atoms with van der Waals surface area (Å²) in [5.74, 6) is -0.724. The lowest BCUT2D eigenvalue weighted by Gasteiger charge is -2.04. The van der Waals surface area contributed by atoms with Crippen LogP contribution in [0.5, 0.6) is 0 Å². The molecule has 0 aromatic rings. The van der Waals surface area contributed by atoms with Crippen molar-refractivity contribution in [1.29, 1.82) is 0 Å². The van der Waals surface area contributed by atoms with Gasteiger partial charge in [-0.1, -0.05) is 0 Å². The van der Waals surface area contributed by atoms with Gasteiger partial charge in [-0.15, -0.1) is 0 Å². The van der Waals surface area contributed by atoms with Gasteiger partial charge in [-0.05, 0) is 12.2 Å². The molecule has 1 aliphatic heterocycles. The molecule has 1 rings (SSSR count). The Kier molecular flexibility index (Phi) is 2.59. The zero-order valence-corrected chi connectivity index (χ0v) is 7.23. The highest BCUT2D eigenvalue weighted by Crippen LogP contribution is 1.99. The number of nitrogens with one attached hydrogen (secondary N) is 2. The van der Waals surface area contributed by atoms with E-state index in [2.05, 4.69) is 27.6 Å². The molecule has 0 saturated carbocycles. The summed E-state index contributed by atoms with van der Waals surface area (Å²) in [4.78, 5) is 21.7. The normalized spacial score (nSPS) is 21.6. The van der Waals surface area contributed by atoms with E-state index in [4.69, 9.17) is 0 Å². The number of esters is 1. The number of rotatable bonds is 2. The number of hydrogen-bond acceptors (Lipinski definition) is 4. The van der Waals surface area contributed by atoms with Crippen LogP contribution in [0.1, 0.15) is 6.42 Å². The van der Waals surface area contributed by atoms with Crippen LogP contribution in [0.25, 0.3) is 0 Å². The average molecular weight is 188 g/mol.